The van der Waals surface area contributed by atoms with E-state index in [1.54, 1.807) is 44.2 Å². The number of sulfonamides is 1. The van der Waals surface area contributed by atoms with Crippen LogP contribution in [-0.2, 0) is 26.2 Å². The number of amides is 2. The summed E-state index contributed by atoms with van der Waals surface area (Å²) in [6.45, 7) is 3.44. The first-order valence-electron chi connectivity index (χ1n) is 10.2. The number of carbonyl (C=O) groups excluding carboxylic acids is 2. The van der Waals surface area contributed by atoms with Gasteiger partial charge >= 0.3 is 0 Å². The number of halogens is 3. The van der Waals surface area contributed by atoms with E-state index in [0.717, 1.165) is 10.6 Å². The Labute approximate surface area is 209 Å². The Morgan fingerprint density at radius 2 is 1.67 bits per heavy atom. The van der Waals surface area contributed by atoms with Crippen molar-refractivity contribution in [3.05, 3.63) is 63.1 Å². The molecule has 0 spiro atoms. The van der Waals surface area contributed by atoms with Crippen LogP contribution in [0.2, 0.25) is 15.1 Å². The molecule has 11 heteroatoms. The van der Waals surface area contributed by atoms with Crippen molar-refractivity contribution in [1.82, 2.24) is 10.2 Å². The number of hydrogen-bond acceptors (Lipinski definition) is 4. The van der Waals surface area contributed by atoms with Crippen LogP contribution >= 0.6 is 34.8 Å². The molecule has 0 unspecified atom stereocenters. The van der Waals surface area contributed by atoms with E-state index in [-0.39, 0.29) is 23.2 Å². The van der Waals surface area contributed by atoms with Crippen LogP contribution in [0.15, 0.2) is 42.5 Å². The molecule has 0 aliphatic carbocycles. The maximum atomic E-state index is 13.5. The average molecular weight is 535 g/mol. The molecule has 0 aromatic heterocycles. The molecule has 2 amide bonds. The first-order chi connectivity index (χ1) is 15.5. The minimum absolute atomic E-state index is 0.0332. The van der Waals surface area contributed by atoms with Crippen molar-refractivity contribution >= 4 is 62.3 Å². The molecule has 0 heterocycles. The van der Waals surface area contributed by atoms with Gasteiger partial charge in [-0.25, -0.2) is 8.42 Å². The maximum absolute atomic E-state index is 13.5. The molecule has 1 N–H and O–H groups in total. The highest BCUT2D eigenvalue weighted by Crippen LogP contribution is 2.28. The highest BCUT2D eigenvalue weighted by Gasteiger charge is 2.32. The van der Waals surface area contributed by atoms with Gasteiger partial charge in [-0.05, 0) is 43.2 Å². The van der Waals surface area contributed by atoms with E-state index in [2.05, 4.69) is 5.32 Å². The second-order valence-corrected chi connectivity index (χ2v) is 10.4. The molecular weight excluding hydrogens is 509 g/mol. The standard InChI is InChI=1S/C22H26Cl3N3O4S/c1-4-19(22(30)26-5-2)27(13-15-10-11-16(23)18(25)12-15)21(29)14-28(33(3,31)32)20-9-7-6-8-17(20)24/h6-12,19H,4-5,13-14H2,1-3H3,(H,26,30)/t19-/m0/s1. The van der Waals surface area contributed by atoms with Crippen LogP contribution in [0.3, 0.4) is 0 Å². The molecule has 2 aromatic rings. The normalized spacial score (nSPS) is 12.2. The topological polar surface area (TPSA) is 86.8 Å². The molecular formula is C22H26Cl3N3O4S. The summed E-state index contributed by atoms with van der Waals surface area (Å²) in [6.07, 6.45) is 1.32. The van der Waals surface area contributed by atoms with Gasteiger partial charge in [0, 0.05) is 13.1 Å². The number of anilines is 1. The van der Waals surface area contributed by atoms with Crippen LogP contribution < -0.4 is 9.62 Å². The monoisotopic (exact) mass is 533 g/mol. The highest BCUT2D eigenvalue weighted by atomic mass is 35.5. The number of carbonyl (C=O) groups is 2. The number of nitrogens with one attached hydrogen (secondary N) is 1. The lowest BCUT2D eigenvalue weighted by molar-refractivity contribution is -0.140. The fraction of sp³-hybridized carbons (Fsp3) is 0.364. The molecule has 0 saturated carbocycles. The second-order valence-electron chi connectivity index (χ2n) is 7.31. The third kappa shape index (κ3) is 7.24. The van der Waals surface area contributed by atoms with E-state index >= 15 is 0 Å². The lowest BCUT2D eigenvalue weighted by Gasteiger charge is -2.33. The van der Waals surface area contributed by atoms with E-state index in [1.165, 1.54) is 17.0 Å². The Hall–Kier alpha value is -2.00. The maximum Gasteiger partial charge on any atom is 0.244 e. The fourth-order valence-electron chi connectivity index (χ4n) is 3.29. The van der Waals surface area contributed by atoms with E-state index in [4.69, 9.17) is 34.8 Å². The second kappa shape index (κ2) is 11.9. The quantitative estimate of drug-likeness (QED) is 0.491. The molecule has 7 nitrogen and oxygen atoms in total. The summed E-state index contributed by atoms with van der Waals surface area (Å²) in [4.78, 5) is 27.6. The van der Waals surface area contributed by atoms with Gasteiger partial charge < -0.3 is 10.2 Å². The number of para-hydroxylation sites is 1. The number of likely N-dealkylation sites (N-methyl/N-ethyl adjacent to an activating group) is 1. The van der Waals surface area contributed by atoms with Crippen LogP contribution in [0.5, 0.6) is 0 Å². The first-order valence-corrected chi connectivity index (χ1v) is 13.2. The summed E-state index contributed by atoms with van der Waals surface area (Å²) in [6, 6.07) is 10.4. The highest BCUT2D eigenvalue weighted by molar-refractivity contribution is 7.92. The molecule has 0 aliphatic rings. The third-order valence-corrected chi connectivity index (χ3v) is 7.06. The predicted octanol–water partition coefficient (Wildman–Crippen LogP) is 4.36. The minimum Gasteiger partial charge on any atom is -0.355 e. The summed E-state index contributed by atoms with van der Waals surface area (Å²) in [5.74, 6) is -0.901. The van der Waals surface area contributed by atoms with Crippen molar-refractivity contribution in [2.75, 3.05) is 23.7 Å². The van der Waals surface area contributed by atoms with Crippen molar-refractivity contribution in [2.45, 2.75) is 32.9 Å². The smallest absolute Gasteiger partial charge is 0.244 e. The number of rotatable bonds is 10. The van der Waals surface area contributed by atoms with E-state index < -0.39 is 28.5 Å². The molecule has 2 rings (SSSR count). The SMILES string of the molecule is CCNC(=O)[C@H](CC)N(Cc1ccc(Cl)c(Cl)c1)C(=O)CN(c1ccccc1Cl)S(C)(=O)=O. The summed E-state index contributed by atoms with van der Waals surface area (Å²) in [5.41, 5.74) is 0.819. The van der Waals surface area contributed by atoms with Gasteiger partial charge in [-0.3, -0.25) is 13.9 Å². The molecule has 0 saturated heterocycles. The summed E-state index contributed by atoms with van der Waals surface area (Å²) >= 11 is 18.3. The van der Waals surface area contributed by atoms with Crippen molar-refractivity contribution in [2.24, 2.45) is 0 Å². The van der Waals surface area contributed by atoms with Gasteiger partial charge in [-0.2, -0.15) is 0 Å². The minimum atomic E-state index is -3.85. The number of nitrogens with zero attached hydrogens (tertiary/aromatic N) is 2. The van der Waals surface area contributed by atoms with Crippen LogP contribution in [-0.4, -0.2) is 50.5 Å². The number of hydrogen-bond donors (Lipinski definition) is 1. The molecule has 0 fully saturated rings. The zero-order valence-corrected chi connectivity index (χ0v) is 21.6. The molecule has 2 aromatic carbocycles. The molecule has 0 bridgehead atoms. The van der Waals surface area contributed by atoms with Gasteiger partial charge in [0.05, 0.1) is 27.0 Å². The third-order valence-electron chi connectivity index (χ3n) is 4.87. The summed E-state index contributed by atoms with van der Waals surface area (Å²) in [7, 11) is -3.85. The lowest BCUT2D eigenvalue weighted by atomic mass is 10.1. The molecule has 0 aliphatic heterocycles. The Kier molecular flexibility index (Phi) is 9.84. The largest absolute Gasteiger partial charge is 0.355 e. The van der Waals surface area contributed by atoms with E-state index in [9.17, 15) is 18.0 Å². The van der Waals surface area contributed by atoms with Gasteiger partial charge in [-0.1, -0.05) is 59.9 Å². The van der Waals surface area contributed by atoms with E-state index in [1.807, 2.05) is 0 Å². The first kappa shape index (κ1) is 27.2. The Morgan fingerprint density at radius 1 is 1.00 bits per heavy atom. The van der Waals surface area contributed by atoms with Crippen LogP contribution in [0.1, 0.15) is 25.8 Å². The lowest BCUT2D eigenvalue weighted by Crippen LogP contribution is -2.52. The summed E-state index contributed by atoms with van der Waals surface area (Å²) < 4.78 is 26.0. The van der Waals surface area contributed by atoms with Crippen LogP contribution in [0, 0.1) is 0 Å². The van der Waals surface area contributed by atoms with Gasteiger partial charge in [-0.15, -0.1) is 0 Å². The van der Waals surface area contributed by atoms with Crippen LogP contribution in [0.4, 0.5) is 5.69 Å². The Bertz CT molecular complexity index is 1110. The Morgan fingerprint density at radius 3 is 2.21 bits per heavy atom. The van der Waals surface area contributed by atoms with Gasteiger partial charge in [0.25, 0.3) is 0 Å². The zero-order valence-electron chi connectivity index (χ0n) is 18.5. The Balaban J connectivity index is 2.47. The van der Waals surface area contributed by atoms with Gasteiger partial charge in [0.15, 0.2) is 0 Å². The zero-order chi connectivity index (χ0) is 24.8. The molecule has 0 radical (unpaired) electrons. The predicted molar refractivity (Wildman–Crippen MR) is 133 cm³/mol. The van der Waals surface area contributed by atoms with Crippen molar-refractivity contribution in [3.8, 4) is 0 Å². The average Bonchev–Trinajstić information content (AvgIpc) is 2.74. The summed E-state index contributed by atoms with van der Waals surface area (Å²) in [5, 5.41) is 3.58. The molecule has 1 atom stereocenters. The van der Waals surface area contributed by atoms with Crippen molar-refractivity contribution in [1.29, 1.82) is 0 Å². The molecule has 180 valence electrons. The van der Waals surface area contributed by atoms with Crippen LogP contribution in [0.25, 0.3) is 0 Å². The number of benzene rings is 2. The van der Waals surface area contributed by atoms with E-state index in [0.29, 0.717) is 28.6 Å². The van der Waals surface area contributed by atoms with Gasteiger partial charge in [0.2, 0.25) is 21.8 Å². The van der Waals surface area contributed by atoms with Crippen molar-refractivity contribution in [3.63, 3.8) is 0 Å². The van der Waals surface area contributed by atoms with Crippen molar-refractivity contribution < 1.29 is 18.0 Å². The van der Waals surface area contributed by atoms with Gasteiger partial charge in [0.1, 0.15) is 12.6 Å². The fourth-order valence-corrected chi connectivity index (χ4v) is 4.76. The molecule has 33 heavy (non-hydrogen) atoms.